The molecule has 38 heavy (non-hydrogen) atoms. The summed E-state index contributed by atoms with van der Waals surface area (Å²) < 4.78 is 46.9. The van der Waals surface area contributed by atoms with E-state index in [1.807, 2.05) is 60.3 Å². The zero-order chi connectivity index (χ0) is 27.0. The van der Waals surface area contributed by atoms with Crippen LogP contribution in [0.1, 0.15) is 28.4 Å². The van der Waals surface area contributed by atoms with Gasteiger partial charge in [0.15, 0.2) is 9.84 Å². The van der Waals surface area contributed by atoms with Gasteiger partial charge in [-0.15, -0.1) is 0 Å². The number of carbonyl (C=O) groups excluding carboxylic acids is 1. The monoisotopic (exact) mass is 533 g/mol. The van der Waals surface area contributed by atoms with Crippen molar-refractivity contribution in [2.24, 2.45) is 7.05 Å². The molecule has 7 nitrogen and oxygen atoms in total. The lowest BCUT2D eigenvalue weighted by molar-refractivity contribution is 0.0731. The van der Waals surface area contributed by atoms with Gasteiger partial charge in [-0.1, -0.05) is 37.3 Å². The minimum atomic E-state index is -3.75. The fourth-order valence-corrected chi connectivity index (χ4v) is 5.57. The molecule has 196 valence electrons. The number of nitrogens with zero attached hydrogens (tertiary/aromatic N) is 3. The van der Waals surface area contributed by atoms with Crippen LogP contribution >= 0.6 is 0 Å². The molecule has 0 spiro atoms. The summed E-state index contributed by atoms with van der Waals surface area (Å²) in [4.78, 5) is 19.2. The molecule has 0 radical (unpaired) electrons. The summed E-state index contributed by atoms with van der Waals surface area (Å²) >= 11 is 0. The van der Waals surface area contributed by atoms with Crippen LogP contribution in [0.15, 0.2) is 71.9 Å². The van der Waals surface area contributed by atoms with Gasteiger partial charge in [-0.3, -0.25) is 4.79 Å². The average Bonchev–Trinajstić information content (AvgIpc) is 3.21. The molecule has 0 N–H and O–H groups in total. The first-order chi connectivity index (χ1) is 18.2. The van der Waals surface area contributed by atoms with Gasteiger partial charge >= 0.3 is 0 Å². The summed E-state index contributed by atoms with van der Waals surface area (Å²) in [6, 6.07) is 16.6. The smallest absolute Gasteiger partial charge is 0.254 e. The molecule has 0 saturated heterocycles. The number of fused-ring (bicyclic) bond motifs is 1. The number of ether oxygens (including phenoxy) is 1. The predicted octanol–water partition coefficient (Wildman–Crippen LogP) is 4.89. The Morgan fingerprint density at radius 2 is 1.76 bits per heavy atom. The number of imidazole rings is 1. The molecule has 9 heteroatoms. The van der Waals surface area contributed by atoms with E-state index < -0.39 is 20.5 Å². The lowest BCUT2D eigenvalue weighted by Gasteiger charge is -2.22. The van der Waals surface area contributed by atoms with Crippen LogP contribution in [0, 0.1) is 5.82 Å². The molecule has 1 amide bonds. The second-order valence-corrected chi connectivity index (χ2v) is 11.4. The molecule has 0 aliphatic carbocycles. The molecule has 1 aliphatic heterocycles. The van der Waals surface area contributed by atoms with Gasteiger partial charge in [0.25, 0.3) is 5.91 Å². The quantitative estimate of drug-likeness (QED) is 0.365. The zero-order valence-electron chi connectivity index (χ0n) is 21.4. The molecule has 1 aromatic heterocycles. The van der Waals surface area contributed by atoms with Crippen LogP contribution in [0.2, 0.25) is 0 Å². The number of halogens is 1. The van der Waals surface area contributed by atoms with Crippen molar-refractivity contribution < 1.29 is 22.3 Å². The van der Waals surface area contributed by atoms with Gasteiger partial charge in [0, 0.05) is 54.5 Å². The largest absolute Gasteiger partial charge is 0.491 e. The normalized spacial score (nSPS) is 13.5. The Hall–Kier alpha value is -3.98. The summed E-state index contributed by atoms with van der Waals surface area (Å²) in [5.41, 5.74) is 4.11. The molecule has 0 atom stereocenters. The van der Waals surface area contributed by atoms with Gasteiger partial charge in [0.2, 0.25) is 0 Å². The standard InChI is InChI=1S/C29H28FN3O4S/c1-4-23-24(10-12-26(27(23)30)38(3,35)36)29(34)33-15-16-37-25-11-9-21(17-22(25)18-33)19-5-7-20(8-6-19)28-31-13-14-32(28)2/h5-14,17H,4,15-16,18H2,1-3H3. The van der Waals surface area contributed by atoms with Crippen molar-refractivity contribution in [3.8, 4) is 28.3 Å². The van der Waals surface area contributed by atoms with Gasteiger partial charge in [-0.05, 0) is 41.8 Å². The molecule has 5 rings (SSSR count). The predicted molar refractivity (Wildman–Crippen MR) is 143 cm³/mol. The Kier molecular flexibility index (Phi) is 6.79. The van der Waals surface area contributed by atoms with E-state index in [1.165, 1.54) is 12.1 Å². The maximum Gasteiger partial charge on any atom is 0.254 e. The number of aryl methyl sites for hydroxylation is 1. The van der Waals surface area contributed by atoms with Crippen LogP contribution in [0.5, 0.6) is 5.75 Å². The van der Waals surface area contributed by atoms with Crippen LogP contribution < -0.4 is 4.74 Å². The maximum atomic E-state index is 15.1. The van der Waals surface area contributed by atoms with E-state index in [0.29, 0.717) is 18.9 Å². The van der Waals surface area contributed by atoms with E-state index in [2.05, 4.69) is 4.98 Å². The first-order valence-electron chi connectivity index (χ1n) is 12.3. The highest BCUT2D eigenvalue weighted by molar-refractivity contribution is 7.90. The molecule has 0 bridgehead atoms. The van der Waals surface area contributed by atoms with Crippen molar-refractivity contribution in [1.82, 2.24) is 14.5 Å². The van der Waals surface area contributed by atoms with Crippen LogP contribution in [-0.2, 0) is 29.9 Å². The number of aromatic nitrogens is 2. The van der Waals surface area contributed by atoms with E-state index in [0.717, 1.165) is 34.3 Å². The number of sulfone groups is 1. The number of hydrogen-bond acceptors (Lipinski definition) is 5. The Morgan fingerprint density at radius 3 is 2.42 bits per heavy atom. The number of benzene rings is 3. The molecule has 4 aromatic rings. The van der Waals surface area contributed by atoms with Crippen molar-refractivity contribution in [2.75, 3.05) is 19.4 Å². The maximum absolute atomic E-state index is 15.1. The van der Waals surface area contributed by atoms with E-state index >= 15 is 4.39 Å². The van der Waals surface area contributed by atoms with Crippen LogP contribution in [0.3, 0.4) is 0 Å². The second-order valence-electron chi connectivity index (χ2n) is 9.37. The lowest BCUT2D eigenvalue weighted by atomic mass is 10.00. The van der Waals surface area contributed by atoms with E-state index in [1.54, 1.807) is 18.0 Å². The molecule has 3 aromatic carbocycles. The van der Waals surface area contributed by atoms with Crippen LogP contribution in [0.25, 0.3) is 22.5 Å². The topological polar surface area (TPSA) is 81.5 Å². The summed E-state index contributed by atoms with van der Waals surface area (Å²) in [6.45, 7) is 2.60. The molecule has 0 saturated carbocycles. The van der Waals surface area contributed by atoms with Gasteiger partial charge in [-0.25, -0.2) is 17.8 Å². The van der Waals surface area contributed by atoms with Gasteiger partial charge < -0.3 is 14.2 Å². The summed E-state index contributed by atoms with van der Waals surface area (Å²) in [7, 11) is -1.80. The van der Waals surface area contributed by atoms with Crippen molar-refractivity contribution in [3.63, 3.8) is 0 Å². The fourth-order valence-electron chi connectivity index (χ4n) is 4.81. The Balaban J connectivity index is 1.44. The number of carbonyl (C=O) groups is 1. The highest BCUT2D eigenvalue weighted by atomic mass is 32.2. The first kappa shape index (κ1) is 25.7. The van der Waals surface area contributed by atoms with Gasteiger partial charge in [0.05, 0.1) is 6.54 Å². The fraction of sp³-hybridized carbons (Fsp3) is 0.241. The molecule has 0 fully saturated rings. The van der Waals surface area contributed by atoms with E-state index in [-0.39, 0.29) is 30.0 Å². The Labute approximate surface area is 221 Å². The highest BCUT2D eigenvalue weighted by Gasteiger charge is 2.27. The van der Waals surface area contributed by atoms with Crippen molar-refractivity contribution in [1.29, 1.82) is 0 Å². The average molecular weight is 534 g/mol. The third-order valence-corrected chi connectivity index (χ3v) is 7.93. The molecule has 0 unspecified atom stereocenters. The molecular formula is C29H28FN3O4S. The number of amides is 1. The summed E-state index contributed by atoms with van der Waals surface area (Å²) in [5, 5.41) is 0. The minimum absolute atomic E-state index is 0.102. The van der Waals surface area contributed by atoms with Crippen molar-refractivity contribution >= 4 is 15.7 Å². The third-order valence-electron chi connectivity index (χ3n) is 6.82. The third kappa shape index (κ3) is 4.81. The molecule has 1 aliphatic rings. The minimum Gasteiger partial charge on any atom is -0.491 e. The number of hydrogen-bond donors (Lipinski definition) is 0. The molecule has 2 heterocycles. The van der Waals surface area contributed by atoms with E-state index in [4.69, 9.17) is 4.74 Å². The first-order valence-corrected chi connectivity index (χ1v) is 14.2. The highest BCUT2D eigenvalue weighted by Crippen LogP contribution is 2.32. The summed E-state index contributed by atoms with van der Waals surface area (Å²) in [6.07, 6.45) is 4.82. The number of rotatable bonds is 5. The Bertz CT molecular complexity index is 1630. The van der Waals surface area contributed by atoms with Crippen molar-refractivity contribution in [3.05, 3.63) is 89.5 Å². The molecular weight excluding hydrogens is 505 g/mol. The second kappa shape index (κ2) is 10.1. The van der Waals surface area contributed by atoms with Gasteiger partial charge in [0.1, 0.15) is 28.9 Å². The Morgan fingerprint density at radius 1 is 1.05 bits per heavy atom. The van der Waals surface area contributed by atoms with Gasteiger partial charge in [-0.2, -0.15) is 0 Å². The van der Waals surface area contributed by atoms with Crippen LogP contribution in [0.4, 0.5) is 4.39 Å². The zero-order valence-corrected chi connectivity index (χ0v) is 22.3. The van der Waals surface area contributed by atoms with Crippen LogP contribution in [-0.4, -0.2) is 48.2 Å². The lowest BCUT2D eigenvalue weighted by Crippen LogP contribution is -2.33. The van der Waals surface area contributed by atoms with E-state index in [9.17, 15) is 13.2 Å². The SMILES string of the molecule is CCc1c(C(=O)N2CCOc3ccc(-c4ccc(-c5nccn5C)cc4)cc3C2)ccc(S(C)(=O)=O)c1F. The summed E-state index contributed by atoms with van der Waals surface area (Å²) in [5.74, 6) is 0.363. The van der Waals surface area contributed by atoms with Crippen molar-refractivity contribution in [2.45, 2.75) is 24.8 Å².